The van der Waals surface area contributed by atoms with E-state index in [1.807, 2.05) is 54.6 Å². The second-order valence-electron chi connectivity index (χ2n) is 10.3. The lowest BCUT2D eigenvalue weighted by atomic mass is 10.1. The molecule has 0 radical (unpaired) electrons. The van der Waals surface area contributed by atoms with Crippen molar-refractivity contribution in [3.8, 4) is 11.5 Å². The molecule has 0 aliphatic carbocycles. The van der Waals surface area contributed by atoms with Crippen LogP contribution in [0.5, 0.6) is 11.5 Å². The number of carbonyl (C=O) groups excluding carboxylic acids is 1. The number of ether oxygens (including phenoxy) is 3. The zero-order chi connectivity index (χ0) is 26.3. The first-order valence-electron chi connectivity index (χ1n) is 13.4. The van der Waals surface area contributed by atoms with Gasteiger partial charge in [0.1, 0.15) is 12.3 Å². The molecule has 0 fully saturated rings. The highest BCUT2D eigenvalue weighted by atomic mass is 16.5. The molecule has 0 unspecified atom stereocenters. The topological polar surface area (TPSA) is 44.8 Å². The molecule has 5 nitrogen and oxygen atoms in total. The molecule has 37 heavy (non-hydrogen) atoms. The van der Waals surface area contributed by atoms with Crippen LogP contribution in [0.25, 0.3) is 0 Å². The minimum atomic E-state index is -0.150. The fraction of sp³-hybridized carbons (Fsp3) is 0.406. The molecule has 0 bridgehead atoms. The summed E-state index contributed by atoms with van der Waals surface area (Å²) >= 11 is 0. The van der Waals surface area contributed by atoms with Gasteiger partial charge in [0.25, 0.3) is 0 Å². The molecule has 3 rings (SSSR count). The smallest absolute Gasteiger partial charge is 0.310 e. The van der Waals surface area contributed by atoms with E-state index in [2.05, 4.69) is 45.4 Å². The zero-order valence-electron chi connectivity index (χ0n) is 22.7. The van der Waals surface area contributed by atoms with Crippen molar-refractivity contribution in [3.63, 3.8) is 0 Å². The highest BCUT2D eigenvalue weighted by molar-refractivity contribution is 5.72. The van der Waals surface area contributed by atoms with Gasteiger partial charge in [-0.15, -0.1) is 0 Å². The van der Waals surface area contributed by atoms with Gasteiger partial charge >= 0.3 is 5.97 Å². The summed E-state index contributed by atoms with van der Waals surface area (Å²) < 4.78 is 18.1. The van der Waals surface area contributed by atoms with Crippen molar-refractivity contribution in [3.05, 3.63) is 90.0 Å². The Kier molecular flexibility index (Phi) is 11.5. The van der Waals surface area contributed by atoms with E-state index in [1.165, 1.54) is 5.69 Å². The van der Waals surface area contributed by atoms with E-state index in [1.54, 1.807) is 0 Å². The molecule has 0 aromatic heterocycles. The van der Waals surface area contributed by atoms with Crippen LogP contribution < -0.4 is 14.0 Å². The Morgan fingerprint density at radius 1 is 0.622 bits per heavy atom. The molecule has 3 aromatic carbocycles. The van der Waals surface area contributed by atoms with E-state index in [9.17, 15) is 4.79 Å². The Morgan fingerprint density at radius 2 is 1.19 bits per heavy atom. The average molecular weight is 505 g/mol. The van der Waals surface area contributed by atoms with Gasteiger partial charge in [0.2, 0.25) is 0 Å². The molecule has 0 spiro atoms. The summed E-state index contributed by atoms with van der Waals surface area (Å²) in [4.78, 5) is 12.1. The lowest BCUT2D eigenvalue weighted by Gasteiger charge is -2.23. The van der Waals surface area contributed by atoms with Gasteiger partial charge in [-0.05, 0) is 48.2 Å². The number of carbonyl (C=O) groups is 1. The molecule has 0 atom stereocenters. The normalized spacial score (nSPS) is 11.2. The van der Waals surface area contributed by atoms with Crippen LogP contribution in [0.4, 0.5) is 5.69 Å². The van der Waals surface area contributed by atoms with Crippen LogP contribution in [0.1, 0.15) is 49.7 Å². The number of quaternary nitrogens is 1. The quantitative estimate of drug-likeness (QED) is 0.120. The molecule has 0 heterocycles. The van der Waals surface area contributed by atoms with E-state index in [-0.39, 0.29) is 5.97 Å². The molecular formula is C32H42NO4+. The van der Waals surface area contributed by atoms with Gasteiger partial charge in [0, 0.05) is 0 Å². The van der Waals surface area contributed by atoms with E-state index in [0.29, 0.717) is 26.2 Å². The summed E-state index contributed by atoms with van der Waals surface area (Å²) in [5, 5.41) is 0. The number of esters is 1. The van der Waals surface area contributed by atoms with E-state index < -0.39 is 0 Å². The number of hydrogen-bond donors (Lipinski definition) is 0. The maximum atomic E-state index is 12.1. The van der Waals surface area contributed by atoms with Crippen LogP contribution in [0.15, 0.2) is 78.9 Å². The monoisotopic (exact) mass is 504 g/mol. The molecular weight excluding hydrogens is 462 g/mol. The standard InChI is InChI=1S/C32H42NO4/c1-33(2,3)29-21-19-27(20-22-29)25-32(34)36-24-14-7-5-4-6-13-23-35-30-17-11-12-18-31(30)37-26-28-15-9-8-10-16-28/h8-12,15-22H,4-7,13-14,23-26H2,1-3H3/q+1. The number of nitrogens with zero attached hydrogens (tertiary/aromatic N) is 1. The highest BCUT2D eigenvalue weighted by Gasteiger charge is 2.12. The second-order valence-corrected chi connectivity index (χ2v) is 10.3. The molecule has 0 saturated heterocycles. The maximum absolute atomic E-state index is 12.1. The molecule has 0 amide bonds. The van der Waals surface area contributed by atoms with Crippen LogP contribution in [0.2, 0.25) is 0 Å². The highest BCUT2D eigenvalue weighted by Crippen LogP contribution is 2.27. The zero-order valence-corrected chi connectivity index (χ0v) is 22.7. The van der Waals surface area contributed by atoms with Gasteiger partial charge in [-0.1, -0.05) is 80.3 Å². The average Bonchev–Trinajstić information content (AvgIpc) is 2.89. The summed E-state index contributed by atoms with van der Waals surface area (Å²) in [6.07, 6.45) is 6.74. The van der Waals surface area contributed by atoms with Crippen LogP contribution in [0.3, 0.4) is 0 Å². The van der Waals surface area contributed by atoms with Crippen LogP contribution in [-0.4, -0.2) is 40.3 Å². The molecule has 198 valence electrons. The number of unbranched alkanes of at least 4 members (excludes halogenated alkanes) is 5. The van der Waals surface area contributed by atoms with Gasteiger partial charge in [-0.2, -0.15) is 0 Å². The van der Waals surface area contributed by atoms with E-state index in [0.717, 1.165) is 65.6 Å². The Labute approximate surface area is 222 Å². The summed E-state index contributed by atoms with van der Waals surface area (Å²) in [7, 11) is 6.38. The third-order valence-electron chi connectivity index (χ3n) is 6.21. The lowest BCUT2D eigenvalue weighted by Crippen LogP contribution is -2.34. The largest absolute Gasteiger partial charge is 0.490 e. The molecule has 0 saturated carbocycles. The number of benzene rings is 3. The molecule has 5 heteroatoms. The molecule has 3 aromatic rings. The van der Waals surface area contributed by atoms with Gasteiger partial charge < -0.3 is 14.2 Å². The predicted molar refractivity (Wildman–Crippen MR) is 151 cm³/mol. The second kappa shape index (κ2) is 15.1. The van der Waals surface area contributed by atoms with Crippen molar-refractivity contribution in [1.29, 1.82) is 0 Å². The third-order valence-corrected chi connectivity index (χ3v) is 6.21. The Balaban J connectivity index is 1.20. The van der Waals surface area contributed by atoms with Gasteiger partial charge in [0.15, 0.2) is 11.5 Å². The predicted octanol–water partition coefficient (Wildman–Crippen LogP) is 6.97. The summed E-state index contributed by atoms with van der Waals surface area (Å²) in [6.45, 7) is 1.71. The van der Waals surface area contributed by atoms with Gasteiger partial charge in [-0.25, -0.2) is 0 Å². The van der Waals surface area contributed by atoms with Crippen LogP contribution in [0, 0.1) is 0 Å². The first kappa shape index (κ1) is 28.3. The SMILES string of the molecule is C[N+](C)(C)c1ccc(CC(=O)OCCCCCCCCOc2ccccc2OCc2ccccc2)cc1. The molecule has 0 aliphatic rings. The van der Waals surface area contributed by atoms with Crippen molar-refractivity contribution in [2.24, 2.45) is 0 Å². The van der Waals surface area contributed by atoms with Crippen molar-refractivity contribution in [2.75, 3.05) is 34.4 Å². The first-order valence-corrected chi connectivity index (χ1v) is 13.4. The Hall–Kier alpha value is -3.31. The van der Waals surface area contributed by atoms with Crippen molar-refractivity contribution >= 4 is 11.7 Å². The summed E-state index contributed by atoms with van der Waals surface area (Å²) in [5.74, 6) is 1.43. The fourth-order valence-electron chi connectivity index (χ4n) is 3.98. The number of para-hydroxylation sites is 2. The summed E-state index contributed by atoms with van der Waals surface area (Å²) in [5.41, 5.74) is 3.34. The van der Waals surface area contributed by atoms with Crippen molar-refractivity contribution in [1.82, 2.24) is 4.48 Å². The first-order chi connectivity index (χ1) is 17.9. The third kappa shape index (κ3) is 10.7. The minimum Gasteiger partial charge on any atom is -0.490 e. The van der Waals surface area contributed by atoms with Crippen LogP contribution in [-0.2, 0) is 22.6 Å². The van der Waals surface area contributed by atoms with Crippen molar-refractivity contribution < 1.29 is 19.0 Å². The number of hydrogen-bond acceptors (Lipinski definition) is 4. The lowest BCUT2D eigenvalue weighted by molar-refractivity contribution is -0.142. The maximum Gasteiger partial charge on any atom is 0.310 e. The van der Waals surface area contributed by atoms with Gasteiger partial charge in [0.05, 0.1) is 40.8 Å². The van der Waals surface area contributed by atoms with E-state index >= 15 is 0 Å². The molecule has 0 aliphatic heterocycles. The van der Waals surface area contributed by atoms with E-state index in [4.69, 9.17) is 14.2 Å². The van der Waals surface area contributed by atoms with Gasteiger partial charge in [-0.3, -0.25) is 9.28 Å². The Bertz CT molecular complexity index is 1060. The Morgan fingerprint density at radius 3 is 1.84 bits per heavy atom. The molecule has 0 N–H and O–H groups in total. The number of rotatable bonds is 16. The summed E-state index contributed by atoms with van der Waals surface area (Å²) in [6, 6.07) is 26.2. The fourth-order valence-corrected chi connectivity index (χ4v) is 3.98. The van der Waals surface area contributed by atoms with Crippen molar-refractivity contribution in [2.45, 2.75) is 51.6 Å². The minimum absolute atomic E-state index is 0.150. The van der Waals surface area contributed by atoms with Crippen LogP contribution >= 0.6 is 0 Å².